The number of halogens is 1. The third-order valence-corrected chi connectivity index (χ3v) is 7.33. The predicted molar refractivity (Wildman–Crippen MR) is 166 cm³/mol. The molecule has 0 N–H and O–H groups in total. The second-order valence-electron chi connectivity index (χ2n) is 10.7. The van der Waals surface area contributed by atoms with Crippen molar-refractivity contribution >= 4 is 11.9 Å². The number of carbonyl (C=O) groups excluding carboxylic acids is 2. The lowest BCUT2D eigenvalue weighted by Crippen LogP contribution is -2.14. The van der Waals surface area contributed by atoms with Gasteiger partial charge in [0.1, 0.15) is 5.75 Å². The van der Waals surface area contributed by atoms with Gasteiger partial charge < -0.3 is 14.2 Å². The zero-order valence-corrected chi connectivity index (χ0v) is 25.3. The van der Waals surface area contributed by atoms with E-state index in [-0.39, 0.29) is 11.7 Å². The average molecular weight is 577 g/mol. The van der Waals surface area contributed by atoms with Crippen molar-refractivity contribution < 1.29 is 28.2 Å². The summed E-state index contributed by atoms with van der Waals surface area (Å²) in [6.07, 6.45) is 11.4. The summed E-state index contributed by atoms with van der Waals surface area (Å²) >= 11 is 0. The standard InChI is InChI=1S/C36H45FO5/c1-4-6-8-9-10-11-12-13-25-40-34-23-20-31(26-33(34)37)29-14-16-30(17-15-29)36(39)42-32-21-18-28(19-22-32)27(3)35(38)41-24-7-5-2/h14-23,26-27H,4-13,24-25H2,1-3H3/t27-/m0/s1. The number of hydrogen-bond acceptors (Lipinski definition) is 5. The maximum absolute atomic E-state index is 14.7. The van der Waals surface area contributed by atoms with Crippen molar-refractivity contribution in [3.05, 3.63) is 83.7 Å². The van der Waals surface area contributed by atoms with Crippen molar-refractivity contribution in [3.63, 3.8) is 0 Å². The van der Waals surface area contributed by atoms with Gasteiger partial charge in [0.05, 0.1) is 24.7 Å². The number of unbranched alkanes of at least 4 members (excludes halogenated alkanes) is 8. The maximum atomic E-state index is 14.7. The van der Waals surface area contributed by atoms with Crippen LogP contribution in [0.4, 0.5) is 4.39 Å². The summed E-state index contributed by atoms with van der Waals surface area (Å²) in [5.74, 6) is -0.937. The fraction of sp³-hybridized carbons (Fsp3) is 0.444. The van der Waals surface area contributed by atoms with E-state index in [0.717, 1.165) is 36.8 Å². The molecule has 0 aliphatic heterocycles. The van der Waals surface area contributed by atoms with E-state index in [1.165, 1.54) is 44.6 Å². The molecule has 42 heavy (non-hydrogen) atoms. The highest BCUT2D eigenvalue weighted by Crippen LogP contribution is 2.27. The van der Waals surface area contributed by atoms with Crippen LogP contribution in [0.1, 0.15) is 107 Å². The lowest BCUT2D eigenvalue weighted by Gasteiger charge is -2.12. The summed E-state index contributed by atoms with van der Waals surface area (Å²) in [6, 6.07) is 18.6. The monoisotopic (exact) mass is 576 g/mol. The van der Waals surface area contributed by atoms with E-state index in [2.05, 4.69) is 6.92 Å². The Balaban J connectivity index is 1.47. The fourth-order valence-electron chi connectivity index (χ4n) is 4.58. The fourth-order valence-corrected chi connectivity index (χ4v) is 4.58. The van der Waals surface area contributed by atoms with Gasteiger partial charge in [-0.1, -0.05) is 95.5 Å². The van der Waals surface area contributed by atoms with Crippen LogP contribution in [0.3, 0.4) is 0 Å². The Morgan fingerprint density at radius 3 is 1.98 bits per heavy atom. The molecule has 0 saturated heterocycles. The predicted octanol–water partition coefficient (Wildman–Crippen LogP) is 9.68. The van der Waals surface area contributed by atoms with Crippen LogP contribution in [0.25, 0.3) is 11.1 Å². The molecule has 226 valence electrons. The molecule has 0 fully saturated rings. The second kappa shape index (κ2) is 18.0. The van der Waals surface area contributed by atoms with Gasteiger partial charge in [0.15, 0.2) is 11.6 Å². The molecule has 6 heteroatoms. The molecule has 0 bridgehead atoms. The molecule has 0 aliphatic carbocycles. The average Bonchev–Trinajstić information content (AvgIpc) is 3.01. The topological polar surface area (TPSA) is 61.8 Å². The summed E-state index contributed by atoms with van der Waals surface area (Å²) in [5.41, 5.74) is 2.65. The Kier molecular flexibility index (Phi) is 14.1. The molecule has 3 rings (SSSR count). The highest BCUT2D eigenvalue weighted by Gasteiger charge is 2.17. The smallest absolute Gasteiger partial charge is 0.343 e. The quantitative estimate of drug-likeness (QED) is 0.0857. The van der Waals surface area contributed by atoms with Crippen molar-refractivity contribution in [1.29, 1.82) is 0 Å². The molecule has 0 saturated carbocycles. The summed E-state index contributed by atoms with van der Waals surface area (Å²) in [5, 5.41) is 0. The van der Waals surface area contributed by atoms with E-state index in [1.807, 2.05) is 13.0 Å². The van der Waals surface area contributed by atoms with Crippen molar-refractivity contribution in [1.82, 2.24) is 0 Å². The third-order valence-electron chi connectivity index (χ3n) is 7.33. The number of esters is 2. The van der Waals surface area contributed by atoms with E-state index >= 15 is 0 Å². The molecule has 0 unspecified atom stereocenters. The molecule has 3 aromatic carbocycles. The van der Waals surface area contributed by atoms with Gasteiger partial charge in [0, 0.05) is 0 Å². The van der Waals surface area contributed by atoms with Gasteiger partial charge in [-0.2, -0.15) is 0 Å². The van der Waals surface area contributed by atoms with E-state index in [1.54, 1.807) is 61.5 Å². The Labute approximate surface area is 250 Å². The lowest BCUT2D eigenvalue weighted by atomic mass is 10.0. The molecule has 0 spiro atoms. The van der Waals surface area contributed by atoms with Gasteiger partial charge in [-0.3, -0.25) is 4.79 Å². The molecule has 0 radical (unpaired) electrons. The van der Waals surface area contributed by atoms with Gasteiger partial charge in [0.25, 0.3) is 0 Å². The van der Waals surface area contributed by atoms with E-state index in [4.69, 9.17) is 14.2 Å². The zero-order valence-electron chi connectivity index (χ0n) is 25.3. The molecular formula is C36H45FO5. The minimum atomic E-state index is -0.503. The lowest BCUT2D eigenvalue weighted by molar-refractivity contribution is -0.145. The Bertz CT molecular complexity index is 1240. The van der Waals surface area contributed by atoms with Crippen LogP contribution in [0.5, 0.6) is 11.5 Å². The first kappa shape index (κ1) is 32.8. The first-order valence-electron chi connectivity index (χ1n) is 15.4. The van der Waals surface area contributed by atoms with E-state index in [0.29, 0.717) is 30.1 Å². The molecule has 3 aromatic rings. The summed E-state index contributed by atoms with van der Waals surface area (Å²) < 4.78 is 31.2. The minimum Gasteiger partial charge on any atom is -0.491 e. The van der Waals surface area contributed by atoms with Crippen LogP contribution >= 0.6 is 0 Å². The minimum absolute atomic E-state index is 0.260. The van der Waals surface area contributed by atoms with Gasteiger partial charge in [-0.25, -0.2) is 9.18 Å². The molecule has 1 atom stereocenters. The summed E-state index contributed by atoms with van der Waals surface area (Å²) in [6.45, 7) is 6.98. The summed E-state index contributed by atoms with van der Waals surface area (Å²) in [4.78, 5) is 24.9. The van der Waals surface area contributed by atoms with Crippen LogP contribution < -0.4 is 9.47 Å². The Morgan fingerprint density at radius 2 is 1.33 bits per heavy atom. The van der Waals surface area contributed by atoms with E-state index < -0.39 is 17.7 Å². The van der Waals surface area contributed by atoms with Crippen LogP contribution in [0.2, 0.25) is 0 Å². The van der Waals surface area contributed by atoms with E-state index in [9.17, 15) is 14.0 Å². The highest BCUT2D eigenvalue weighted by molar-refractivity contribution is 5.91. The molecule has 0 aliphatic rings. The molecule has 0 aromatic heterocycles. The first-order valence-corrected chi connectivity index (χ1v) is 15.4. The first-order chi connectivity index (χ1) is 20.4. The number of rotatable bonds is 18. The van der Waals surface area contributed by atoms with Gasteiger partial charge in [0.2, 0.25) is 0 Å². The van der Waals surface area contributed by atoms with Gasteiger partial charge >= 0.3 is 11.9 Å². The third kappa shape index (κ3) is 10.6. The van der Waals surface area contributed by atoms with Crippen molar-refractivity contribution in [3.8, 4) is 22.6 Å². The van der Waals surface area contributed by atoms with Crippen molar-refractivity contribution in [2.75, 3.05) is 13.2 Å². The van der Waals surface area contributed by atoms with Crippen LogP contribution in [0.15, 0.2) is 66.7 Å². The van der Waals surface area contributed by atoms with Crippen LogP contribution in [-0.2, 0) is 9.53 Å². The second-order valence-corrected chi connectivity index (χ2v) is 10.7. The molecule has 0 amide bonds. The Hall–Kier alpha value is -3.67. The van der Waals surface area contributed by atoms with Crippen molar-refractivity contribution in [2.45, 2.75) is 90.9 Å². The molecule has 0 heterocycles. The number of carbonyl (C=O) groups is 2. The normalized spacial score (nSPS) is 11.6. The highest BCUT2D eigenvalue weighted by atomic mass is 19.1. The largest absolute Gasteiger partial charge is 0.491 e. The van der Waals surface area contributed by atoms with Crippen molar-refractivity contribution in [2.24, 2.45) is 0 Å². The SMILES string of the molecule is CCCCCCCCCCOc1ccc(-c2ccc(C(=O)Oc3ccc([C@H](C)C(=O)OCCCC)cc3)cc2)cc1F. The number of benzene rings is 3. The molecular weight excluding hydrogens is 531 g/mol. The number of ether oxygens (including phenoxy) is 3. The summed E-state index contributed by atoms with van der Waals surface area (Å²) in [7, 11) is 0. The Morgan fingerprint density at radius 1 is 0.714 bits per heavy atom. The molecule has 5 nitrogen and oxygen atoms in total. The van der Waals surface area contributed by atoms with Crippen LogP contribution in [-0.4, -0.2) is 25.2 Å². The van der Waals surface area contributed by atoms with Crippen LogP contribution in [0, 0.1) is 5.82 Å². The zero-order chi connectivity index (χ0) is 30.2. The van der Waals surface area contributed by atoms with Gasteiger partial charge in [-0.15, -0.1) is 0 Å². The maximum Gasteiger partial charge on any atom is 0.343 e. The van der Waals surface area contributed by atoms with Gasteiger partial charge in [-0.05, 0) is 72.9 Å². The number of hydrogen-bond donors (Lipinski definition) is 0.